The Morgan fingerprint density at radius 1 is 0.533 bits per heavy atom. The fourth-order valence-electron chi connectivity index (χ4n) is 4.80. The summed E-state index contributed by atoms with van der Waals surface area (Å²) in [4.78, 5) is 0. The third-order valence-electron chi connectivity index (χ3n) is 6.35. The average Bonchev–Trinajstić information content (AvgIpc) is 3.21. The lowest BCUT2D eigenvalue weighted by Gasteiger charge is -2.04. The smallest absolute Gasteiger partial charge is 0.0991 e. The van der Waals surface area contributed by atoms with Crippen molar-refractivity contribution in [1.29, 1.82) is 10.5 Å². The first-order valence-electron chi connectivity index (χ1n) is 9.77. The van der Waals surface area contributed by atoms with Crippen molar-refractivity contribution >= 4 is 54.4 Å². The highest BCUT2D eigenvalue weighted by molar-refractivity contribution is 6.17. The van der Waals surface area contributed by atoms with Gasteiger partial charge in [0.05, 0.1) is 23.3 Å². The summed E-state index contributed by atoms with van der Waals surface area (Å²) in [7, 11) is 4.14. The summed E-state index contributed by atoms with van der Waals surface area (Å²) < 4.78 is 4.37. The van der Waals surface area contributed by atoms with Gasteiger partial charge in [-0.15, -0.1) is 0 Å². The number of aromatic nitrogens is 2. The number of hydrogen-bond donors (Lipinski definition) is 0. The standard InChI is InChI=1S/C26H16N4/c1-29-23-5-3-15(13-27)7-19(23)21-9-18-12-26-22(10-17(18)11-25(21)29)20-8-16(14-28)4-6-24(20)30(26)2/h3-12H,1-2H3. The number of rotatable bonds is 0. The van der Waals surface area contributed by atoms with E-state index in [2.05, 4.69) is 59.6 Å². The zero-order valence-electron chi connectivity index (χ0n) is 16.6. The summed E-state index contributed by atoms with van der Waals surface area (Å²) in [5, 5.41) is 25.5. The molecule has 4 aromatic carbocycles. The van der Waals surface area contributed by atoms with Gasteiger partial charge in [0.2, 0.25) is 0 Å². The zero-order valence-corrected chi connectivity index (χ0v) is 16.6. The van der Waals surface area contributed by atoms with Crippen LogP contribution in [-0.4, -0.2) is 9.13 Å². The van der Waals surface area contributed by atoms with Gasteiger partial charge in [0.1, 0.15) is 0 Å². The van der Waals surface area contributed by atoms with Crippen LogP contribution in [0.1, 0.15) is 11.1 Å². The van der Waals surface area contributed by atoms with Gasteiger partial charge in [-0.1, -0.05) is 0 Å². The van der Waals surface area contributed by atoms with Gasteiger partial charge >= 0.3 is 0 Å². The highest BCUT2D eigenvalue weighted by atomic mass is 14.9. The molecule has 4 nitrogen and oxygen atoms in total. The molecular formula is C26H16N4. The molecule has 0 saturated carbocycles. The van der Waals surface area contributed by atoms with Gasteiger partial charge in [0.25, 0.3) is 0 Å². The van der Waals surface area contributed by atoms with Crippen molar-refractivity contribution in [1.82, 2.24) is 9.13 Å². The quantitative estimate of drug-likeness (QED) is 0.329. The fourth-order valence-corrected chi connectivity index (χ4v) is 4.80. The predicted molar refractivity (Wildman–Crippen MR) is 121 cm³/mol. The summed E-state index contributed by atoms with van der Waals surface area (Å²) >= 11 is 0. The molecule has 2 heterocycles. The van der Waals surface area contributed by atoms with E-state index in [1.165, 1.54) is 0 Å². The Morgan fingerprint density at radius 3 is 1.33 bits per heavy atom. The van der Waals surface area contributed by atoms with E-state index in [0.29, 0.717) is 11.1 Å². The topological polar surface area (TPSA) is 57.4 Å². The number of nitriles is 2. The molecule has 140 valence electrons. The van der Waals surface area contributed by atoms with Crippen molar-refractivity contribution in [2.75, 3.05) is 0 Å². The maximum Gasteiger partial charge on any atom is 0.0991 e. The number of hydrogen-bond acceptors (Lipinski definition) is 2. The molecule has 0 aliphatic rings. The van der Waals surface area contributed by atoms with Crippen LogP contribution in [0.3, 0.4) is 0 Å². The van der Waals surface area contributed by atoms with Crippen LogP contribution in [-0.2, 0) is 14.1 Å². The number of benzene rings is 4. The van der Waals surface area contributed by atoms with Crippen LogP contribution in [0.5, 0.6) is 0 Å². The SMILES string of the molecule is Cn1c2ccc(C#N)cc2c2cc3cc4c(cc3cc21)c1cc(C#N)ccc1n4C. The van der Waals surface area contributed by atoms with Crippen molar-refractivity contribution in [3.8, 4) is 12.1 Å². The molecule has 30 heavy (non-hydrogen) atoms. The highest BCUT2D eigenvalue weighted by Crippen LogP contribution is 2.36. The molecule has 6 rings (SSSR count). The lowest BCUT2D eigenvalue weighted by atomic mass is 10.0. The molecule has 2 aromatic heterocycles. The van der Waals surface area contributed by atoms with E-state index in [0.717, 1.165) is 54.4 Å². The van der Waals surface area contributed by atoms with Crippen LogP contribution < -0.4 is 0 Å². The summed E-state index contributed by atoms with van der Waals surface area (Å²) in [6.07, 6.45) is 0. The van der Waals surface area contributed by atoms with Gasteiger partial charge in [0, 0.05) is 57.7 Å². The predicted octanol–water partition coefficient (Wildman–Crippen LogP) is 5.87. The van der Waals surface area contributed by atoms with Crippen molar-refractivity contribution in [2.24, 2.45) is 14.1 Å². The number of aryl methyl sites for hydroxylation is 2. The van der Waals surface area contributed by atoms with Gasteiger partial charge in [-0.25, -0.2) is 0 Å². The molecular weight excluding hydrogens is 368 g/mol. The van der Waals surface area contributed by atoms with Crippen molar-refractivity contribution in [3.63, 3.8) is 0 Å². The van der Waals surface area contributed by atoms with E-state index in [1.807, 2.05) is 36.4 Å². The molecule has 6 aromatic rings. The molecule has 0 radical (unpaired) electrons. The van der Waals surface area contributed by atoms with Gasteiger partial charge in [-0.2, -0.15) is 10.5 Å². The second-order valence-corrected chi connectivity index (χ2v) is 7.89. The van der Waals surface area contributed by atoms with Crippen molar-refractivity contribution in [3.05, 3.63) is 71.8 Å². The van der Waals surface area contributed by atoms with Gasteiger partial charge < -0.3 is 9.13 Å². The van der Waals surface area contributed by atoms with E-state index < -0.39 is 0 Å². The fraction of sp³-hybridized carbons (Fsp3) is 0.0769. The maximum absolute atomic E-state index is 9.32. The highest BCUT2D eigenvalue weighted by Gasteiger charge is 2.14. The molecule has 0 amide bonds. The van der Waals surface area contributed by atoms with Crippen molar-refractivity contribution < 1.29 is 0 Å². The second-order valence-electron chi connectivity index (χ2n) is 7.89. The Bertz CT molecular complexity index is 1650. The van der Waals surface area contributed by atoms with Crippen LogP contribution in [0.25, 0.3) is 54.4 Å². The van der Waals surface area contributed by atoms with Crippen LogP contribution >= 0.6 is 0 Å². The minimum Gasteiger partial charge on any atom is -0.344 e. The maximum atomic E-state index is 9.32. The summed E-state index contributed by atoms with van der Waals surface area (Å²) in [6, 6.07) is 25.1. The second kappa shape index (κ2) is 5.63. The van der Waals surface area contributed by atoms with Gasteiger partial charge in [-0.3, -0.25) is 0 Å². The van der Waals surface area contributed by atoms with E-state index >= 15 is 0 Å². The Morgan fingerprint density at radius 2 is 0.933 bits per heavy atom. The van der Waals surface area contributed by atoms with Gasteiger partial charge in [0.15, 0.2) is 0 Å². The molecule has 0 N–H and O–H groups in total. The minimum absolute atomic E-state index is 0.674. The summed E-state index contributed by atoms with van der Waals surface area (Å²) in [6.45, 7) is 0. The third kappa shape index (κ3) is 2.03. The normalized spacial score (nSPS) is 11.6. The minimum atomic E-state index is 0.674. The van der Waals surface area contributed by atoms with E-state index in [-0.39, 0.29) is 0 Å². The Kier molecular flexibility index (Phi) is 3.12. The average molecular weight is 384 g/mol. The van der Waals surface area contributed by atoms with E-state index in [4.69, 9.17) is 0 Å². The van der Waals surface area contributed by atoms with E-state index in [9.17, 15) is 10.5 Å². The monoisotopic (exact) mass is 384 g/mol. The Labute approximate surface area is 172 Å². The first-order valence-corrected chi connectivity index (χ1v) is 9.77. The Balaban J connectivity index is 1.77. The zero-order chi connectivity index (χ0) is 20.6. The Hall–Kier alpha value is -4.28. The molecule has 0 aliphatic carbocycles. The first-order chi connectivity index (χ1) is 14.6. The van der Waals surface area contributed by atoms with Crippen LogP contribution in [0.2, 0.25) is 0 Å². The van der Waals surface area contributed by atoms with Crippen molar-refractivity contribution in [2.45, 2.75) is 0 Å². The van der Waals surface area contributed by atoms with Gasteiger partial charge in [-0.05, 0) is 71.4 Å². The lowest BCUT2D eigenvalue weighted by molar-refractivity contribution is 1.01. The molecule has 4 heteroatoms. The number of fused-ring (bicyclic) bond motifs is 7. The van der Waals surface area contributed by atoms with Crippen LogP contribution in [0.15, 0.2) is 60.7 Å². The lowest BCUT2D eigenvalue weighted by Crippen LogP contribution is -1.88. The number of nitrogens with zero attached hydrogens (tertiary/aromatic N) is 4. The van der Waals surface area contributed by atoms with E-state index in [1.54, 1.807) is 0 Å². The molecule has 0 atom stereocenters. The summed E-state index contributed by atoms with van der Waals surface area (Å²) in [5.41, 5.74) is 5.87. The first kappa shape index (κ1) is 16.7. The molecule has 0 bridgehead atoms. The molecule has 0 spiro atoms. The molecule has 0 aliphatic heterocycles. The largest absolute Gasteiger partial charge is 0.344 e. The summed E-state index contributed by atoms with van der Waals surface area (Å²) in [5.74, 6) is 0. The van der Waals surface area contributed by atoms with Crippen LogP contribution in [0, 0.1) is 22.7 Å². The molecule has 0 fully saturated rings. The van der Waals surface area contributed by atoms with Crippen LogP contribution in [0.4, 0.5) is 0 Å². The molecule has 0 saturated heterocycles. The third-order valence-corrected chi connectivity index (χ3v) is 6.35. The molecule has 0 unspecified atom stereocenters.